The first-order chi connectivity index (χ1) is 13.2. The lowest BCUT2D eigenvalue weighted by Gasteiger charge is -2.35. The highest BCUT2D eigenvalue weighted by atomic mass is 32.2. The van der Waals surface area contributed by atoms with Crippen molar-refractivity contribution in [2.24, 2.45) is 0 Å². The number of halogens is 1. The summed E-state index contributed by atoms with van der Waals surface area (Å²) in [4.78, 5) is 4.43. The van der Waals surface area contributed by atoms with E-state index in [1.54, 1.807) is 4.68 Å². The number of sulfonamides is 1. The molecule has 1 saturated heterocycles. The molecular formula is C19H24FN5O2S. The van der Waals surface area contributed by atoms with Crippen LogP contribution in [0.2, 0.25) is 0 Å². The smallest absolute Gasteiger partial charge is 0.211 e. The number of hydrogen-bond donors (Lipinski definition) is 1. The normalized spacial score (nSPS) is 18.1. The van der Waals surface area contributed by atoms with Gasteiger partial charge in [0, 0.05) is 36.8 Å². The number of piperidine rings is 1. The molecule has 9 heteroatoms. The van der Waals surface area contributed by atoms with Gasteiger partial charge in [0.1, 0.15) is 11.2 Å². The summed E-state index contributed by atoms with van der Waals surface area (Å²) in [5.74, 6) is 0.335. The van der Waals surface area contributed by atoms with Crippen LogP contribution in [0.4, 0.5) is 10.2 Å². The van der Waals surface area contributed by atoms with Gasteiger partial charge in [-0.2, -0.15) is 5.10 Å². The minimum atomic E-state index is -3.30. The Kier molecular flexibility index (Phi) is 4.54. The average Bonchev–Trinajstić information content (AvgIpc) is 3.00. The van der Waals surface area contributed by atoms with Crippen LogP contribution in [0, 0.1) is 0 Å². The minimum Gasteiger partial charge on any atom is -0.382 e. The zero-order valence-electron chi connectivity index (χ0n) is 16.0. The van der Waals surface area contributed by atoms with Gasteiger partial charge in [-0.15, -0.1) is 0 Å². The number of aromatic nitrogens is 3. The number of nitrogens with zero attached hydrogens (tertiary/aromatic N) is 4. The Balaban J connectivity index is 1.78. The van der Waals surface area contributed by atoms with E-state index in [9.17, 15) is 8.42 Å². The average molecular weight is 405 g/mol. The Hall–Kier alpha value is -2.26. The van der Waals surface area contributed by atoms with Crippen molar-refractivity contribution in [2.45, 2.75) is 38.4 Å². The van der Waals surface area contributed by atoms with Crippen molar-refractivity contribution >= 4 is 37.6 Å². The maximum atomic E-state index is 15.7. The van der Waals surface area contributed by atoms with Gasteiger partial charge in [-0.1, -0.05) is 18.2 Å². The Morgan fingerprint density at radius 3 is 2.57 bits per heavy atom. The summed E-state index contributed by atoms with van der Waals surface area (Å²) in [6.45, 7) is 2.93. The standard InChI is InChI=1S/C19H24FN5O2S/c1-3-25-15(12-19(20)8-10-24(11-9-19)28(2,26)27)16-13-6-4-5-7-14(13)22-18(21)17(16)23-25/h4-7H,3,8-12H2,1-2H3,(H2,21,22). The van der Waals surface area contributed by atoms with Crippen LogP contribution in [-0.4, -0.2) is 52.5 Å². The summed E-state index contributed by atoms with van der Waals surface area (Å²) in [5.41, 5.74) is 6.79. The molecule has 1 aromatic carbocycles. The van der Waals surface area contributed by atoms with Crippen LogP contribution in [-0.2, 0) is 23.0 Å². The summed E-state index contributed by atoms with van der Waals surface area (Å²) in [5, 5.41) is 6.33. The van der Waals surface area contributed by atoms with Crippen molar-refractivity contribution in [3.05, 3.63) is 30.0 Å². The second-order valence-corrected chi connectivity index (χ2v) is 9.47. The van der Waals surface area contributed by atoms with Crippen LogP contribution >= 0.6 is 0 Å². The number of aryl methyl sites for hydroxylation is 1. The Labute approximate surface area is 163 Å². The molecule has 7 nitrogen and oxygen atoms in total. The lowest BCUT2D eigenvalue weighted by Crippen LogP contribution is -2.45. The van der Waals surface area contributed by atoms with Gasteiger partial charge in [0.25, 0.3) is 0 Å². The van der Waals surface area contributed by atoms with Gasteiger partial charge in [0.05, 0.1) is 17.5 Å². The maximum Gasteiger partial charge on any atom is 0.211 e. The quantitative estimate of drug-likeness (QED) is 0.720. The van der Waals surface area contributed by atoms with E-state index in [1.165, 1.54) is 10.6 Å². The van der Waals surface area contributed by atoms with Crippen LogP contribution in [0.25, 0.3) is 21.8 Å². The number of anilines is 1. The zero-order chi connectivity index (χ0) is 20.1. The van der Waals surface area contributed by atoms with E-state index >= 15 is 4.39 Å². The van der Waals surface area contributed by atoms with Gasteiger partial charge < -0.3 is 5.73 Å². The van der Waals surface area contributed by atoms with Gasteiger partial charge in [-0.3, -0.25) is 4.68 Å². The molecule has 150 valence electrons. The lowest BCUT2D eigenvalue weighted by atomic mass is 9.88. The van der Waals surface area contributed by atoms with E-state index in [-0.39, 0.29) is 32.4 Å². The van der Waals surface area contributed by atoms with E-state index in [0.29, 0.717) is 17.9 Å². The van der Waals surface area contributed by atoms with Crippen LogP contribution in [0.1, 0.15) is 25.5 Å². The molecule has 3 heterocycles. The zero-order valence-corrected chi connectivity index (χ0v) is 16.8. The van der Waals surface area contributed by atoms with Gasteiger partial charge >= 0.3 is 0 Å². The molecule has 0 bridgehead atoms. The Morgan fingerprint density at radius 2 is 1.93 bits per heavy atom. The number of hydrogen-bond acceptors (Lipinski definition) is 5. The molecule has 0 atom stereocenters. The molecule has 0 spiro atoms. The number of fused-ring (bicyclic) bond motifs is 3. The van der Waals surface area contributed by atoms with Crippen molar-refractivity contribution in [3.8, 4) is 0 Å². The highest BCUT2D eigenvalue weighted by Gasteiger charge is 2.38. The first-order valence-electron chi connectivity index (χ1n) is 9.39. The summed E-state index contributed by atoms with van der Waals surface area (Å²) < 4.78 is 42.4. The minimum absolute atomic E-state index is 0.162. The summed E-state index contributed by atoms with van der Waals surface area (Å²) in [6, 6.07) is 7.64. The van der Waals surface area contributed by atoms with E-state index < -0.39 is 15.7 Å². The molecule has 0 saturated carbocycles. The molecule has 1 fully saturated rings. The van der Waals surface area contributed by atoms with Crippen molar-refractivity contribution < 1.29 is 12.8 Å². The summed E-state index contributed by atoms with van der Waals surface area (Å²) >= 11 is 0. The SMILES string of the molecule is CCn1nc2c(N)nc3ccccc3c2c1CC1(F)CCN(S(C)(=O)=O)CC1. The van der Waals surface area contributed by atoms with E-state index in [0.717, 1.165) is 22.0 Å². The summed E-state index contributed by atoms with van der Waals surface area (Å²) in [6.07, 6.45) is 1.66. The molecule has 1 aliphatic rings. The van der Waals surface area contributed by atoms with E-state index in [2.05, 4.69) is 10.1 Å². The van der Waals surface area contributed by atoms with Crippen LogP contribution in [0.3, 0.4) is 0 Å². The first-order valence-corrected chi connectivity index (χ1v) is 11.2. The maximum absolute atomic E-state index is 15.7. The van der Waals surface area contributed by atoms with Crippen LogP contribution in [0.5, 0.6) is 0 Å². The van der Waals surface area contributed by atoms with Gasteiger partial charge in [0.15, 0.2) is 5.82 Å². The molecule has 4 rings (SSSR count). The lowest BCUT2D eigenvalue weighted by molar-refractivity contribution is 0.0873. The third-order valence-electron chi connectivity index (χ3n) is 5.59. The van der Waals surface area contributed by atoms with Crippen molar-refractivity contribution in [1.82, 2.24) is 19.1 Å². The number of rotatable bonds is 4. The second kappa shape index (κ2) is 6.66. The molecule has 0 aliphatic carbocycles. The molecule has 2 aromatic heterocycles. The molecule has 1 aliphatic heterocycles. The largest absolute Gasteiger partial charge is 0.382 e. The van der Waals surface area contributed by atoms with Gasteiger partial charge in [-0.25, -0.2) is 22.1 Å². The molecular weight excluding hydrogens is 381 g/mol. The molecule has 3 aromatic rings. The number of para-hydroxylation sites is 1. The van der Waals surface area contributed by atoms with Gasteiger partial charge in [-0.05, 0) is 25.8 Å². The first kappa shape index (κ1) is 19.1. The number of nitrogens with two attached hydrogens (primary N) is 1. The molecule has 0 amide bonds. The molecule has 28 heavy (non-hydrogen) atoms. The topological polar surface area (TPSA) is 94.1 Å². The number of benzene rings is 1. The predicted molar refractivity (Wildman–Crippen MR) is 108 cm³/mol. The Bertz CT molecular complexity index is 1150. The number of nitrogen functional groups attached to an aromatic ring is 1. The fraction of sp³-hybridized carbons (Fsp3) is 0.474. The molecule has 0 unspecified atom stereocenters. The summed E-state index contributed by atoms with van der Waals surface area (Å²) in [7, 11) is -3.30. The van der Waals surface area contributed by atoms with Crippen LogP contribution in [0.15, 0.2) is 24.3 Å². The highest BCUT2D eigenvalue weighted by Crippen LogP contribution is 2.36. The molecule has 0 radical (unpaired) electrons. The predicted octanol–water partition coefficient (Wildman–Crippen LogP) is 2.49. The third-order valence-corrected chi connectivity index (χ3v) is 6.89. The highest BCUT2D eigenvalue weighted by molar-refractivity contribution is 7.88. The van der Waals surface area contributed by atoms with E-state index in [4.69, 9.17) is 5.73 Å². The van der Waals surface area contributed by atoms with Crippen molar-refractivity contribution in [1.29, 1.82) is 0 Å². The van der Waals surface area contributed by atoms with Gasteiger partial charge in [0.2, 0.25) is 10.0 Å². The molecule has 2 N–H and O–H groups in total. The third kappa shape index (κ3) is 3.22. The number of alkyl halides is 1. The van der Waals surface area contributed by atoms with Crippen molar-refractivity contribution in [2.75, 3.05) is 25.1 Å². The monoisotopic (exact) mass is 405 g/mol. The fourth-order valence-corrected chi connectivity index (χ4v) is 4.91. The van der Waals surface area contributed by atoms with E-state index in [1.807, 2.05) is 31.2 Å². The fourth-order valence-electron chi connectivity index (χ4n) is 4.06. The number of pyridine rings is 1. The van der Waals surface area contributed by atoms with Crippen molar-refractivity contribution in [3.63, 3.8) is 0 Å². The second-order valence-electron chi connectivity index (χ2n) is 7.49. The van der Waals surface area contributed by atoms with Crippen LogP contribution < -0.4 is 5.73 Å². The Morgan fingerprint density at radius 1 is 1.25 bits per heavy atom.